The van der Waals surface area contributed by atoms with Crippen molar-refractivity contribution in [1.82, 2.24) is 9.80 Å². The van der Waals surface area contributed by atoms with E-state index in [1.807, 2.05) is 119 Å². The number of halogens is 1. The second-order valence-electron chi connectivity index (χ2n) is 24.7. The number of amides is 2. The molecule has 0 unspecified atom stereocenters. The Morgan fingerprint density at radius 1 is 0.571 bits per heavy atom. The molecule has 0 aromatic heterocycles. The van der Waals surface area contributed by atoms with Crippen molar-refractivity contribution >= 4 is 77.5 Å². The molecule has 5 saturated heterocycles. The van der Waals surface area contributed by atoms with Crippen molar-refractivity contribution < 1.29 is 47.0 Å². The first-order valence-electron chi connectivity index (χ1n) is 25.2. The number of hydrogen-bond donors (Lipinski definition) is 0. The molecule has 5 fully saturated rings. The lowest BCUT2D eigenvalue weighted by Gasteiger charge is -2.32. The number of nitrogens with zero attached hydrogens (tertiary/aromatic N) is 4. The predicted molar refractivity (Wildman–Crippen MR) is 282 cm³/mol. The summed E-state index contributed by atoms with van der Waals surface area (Å²) in [5, 5.41) is 0. The highest BCUT2D eigenvalue weighted by Crippen LogP contribution is 2.44. The lowest BCUT2D eigenvalue weighted by molar-refractivity contribution is 0.00578. The van der Waals surface area contributed by atoms with E-state index in [9.17, 15) is 9.59 Å². The molecule has 2 amide bonds. The first-order chi connectivity index (χ1) is 32.1. The number of ether oxygens (including phenoxy) is 2. The van der Waals surface area contributed by atoms with Gasteiger partial charge in [-0.15, -0.1) is 0 Å². The molecule has 0 saturated carbocycles. The number of rotatable bonds is 4. The highest BCUT2D eigenvalue weighted by Gasteiger charge is 2.64. The third-order valence-electron chi connectivity index (χ3n) is 15.2. The zero-order valence-corrected chi connectivity index (χ0v) is 46.8. The number of aliphatic imine (C=N–C) groups is 2. The van der Waals surface area contributed by atoms with Crippen LogP contribution in [0.15, 0.2) is 50.9 Å². The fourth-order valence-corrected chi connectivity index (χ4v) is 9.57. The van der Waals surface area contributed by atoms with Crippen LogP contribution in [0.3, 0.4) is 0 Å². The Kier molecular flexibility index (Phi) is 15.0. The Labute approximate surface area is 427 Å². The van der Waals surface area contributed by atoms with E-state index in [-0.39, 0.29) is 57.9 Å². The summed E-state index contributed by atoms with van der Waals surface area (Å²) in [5.41, 5.74) is 4.34. The van der Waals surface area contributed by atoms with Gasteiger partial charge in [0.25, 0.3) is 0 Å². The van der Waals surface area contributed by atoms with Crippen LogP contribution < -0.4 is 5.46 Å². The van der Waals surface area contributed by atoms with E-state index in [0.717, 1.165) is 77.8 Å². The number of carbonyl (C=O) groups is 2. The number of hydrogen-bond acceptors (Lipinski definition) is 12. The summed E-state index contributed by atoms with van der Waals surface area (Å²) in [7, 11) is -1.35. The van der Waals surface area contributed by atoms with Crippen LogP contribution >= 0.6 is 15.9 Å². The Balaban J connectivity index is 0.000000161. The van der Waals surface area contributed by atoms with Crippen molar-refractivity contribution in [3.63, 3.8) is 0 Å². The average molecular weight is 1030 g/mol. The molecule has 7 aliphatic heterocycles. The van der Waals surface area contributed by atoms with Crippen molar-refractivity contribution in [2.75, 3.05) is 13.1 Å². The van der Waals surface area contributed by atoms with Gasteiger partial charge in [-0.05, 0) is 185 Å². The maximum Gasteiger partial charge on any atom is 0.494 e. The second kappa shape index (κ2) is 19.2. The fraction of sp³-hybridized carbons (Fsp3) is 0.692. The smallest absolute Gasteiger partial charge is 0.444 e. The zero-order valence-electron chi connectivity index (χ0n) is 45.3. The van der Waals surface area contributed by atoms with Crippen LogP contribution in [-0.2, 0) is 50.2 Å². The molecule has 2 aromatic carbocycles. The molecule has 382 valence electrons. The standard InChI is InChI=1S/C23H33BN2O4.C17H21BrN2O2.C12H24B2O4/c1-21(2,3)28-20(27)26-12-8-9-19(26)18-13-15-10-11-16(14-17(15)25-18)24-29-22(4,5)23(6,7)30-24;1-17(2,3)22-16(21)20-8-4-5-15(20)14-9-11-6-7-12(18)10-13(11)19-14;1-9(2)10(3,4)16-13(15-9)14-17-11(5,6)12(7,8)18-14/h10-11,14,19H,8-9,12-13H2,1-7H3;6-7,10,15H,4-5,8-9H2,1-3H3;1-8H3/t19-;15-;/m00./s1. The minimum absolute atomic E-state index is 0.00699. The van der Waals surface area contributed by atoms with E-state index in [0.29, 0.717) is 6.54 Å². The van der Waals surface area contributed by atoms with Gasteiger partial charge in [0.1, 0.15) is 11.2 Å². The van der Waals surface area contributed by atoms with E-state index in [4.69, 9.17) is 47.4 Å². The molecule has 70 heavy (non-hydrogen) atoms. The lowest BCUT2D eigenvalue weighted by atomic mass is 9.49. The van der Waals surface area contributed by atoms with Crippen molar-refractivity contribution in [2.45, 2.75) is 220 Å². The lowest BCUT2D eigenvalue weighted by Crippen LogP contribution is -2.43. The normalized spacial score (nSPS) is 25.4. The number of fused-ring (bicyclic) bond motifs is 2. The molecule has 0 radical (unpaired) electrons. The van der Waals surface area contributed by atoms with Crippen molar-refractivity contribution in [1.29, 1.82) is 0 Å². The van der Waals surface area contributed by atoms with Crippen LogP contribution in [0, 0.1) is 0 Å². The molecule has 9 rings (SSSR count). The Bertz CT molecular complexity index is 2290. The van der Waals surface area contributed by atoms with E-state index in [1.165, 1.54) is 11.1 Å². The summed E-state index contributed by atoms with van der Waals surface area (Å²) >= 11 is 3.48. The Morgan fingerprint density at radius 2 is 0.929 bits per heavy atom. The number of carbonyl (C=O) groups excluding carboxylic acids is 2. The maximum absolute atomic E-state index is 12.7. The van der Waals surface area contributed by atoms with Crippen LogP contribution in [0.2, 0.25) is 0 Å². The largest absolute Gasteiger partial charge is 0.494 e. The molecule has 0 spiro atoms. The van der Waals surface area contributed by atoms with Crippen LogP contribution in [0.1, 0.15) is 161 Å². The molecule has 7 heterocycles. The van der Waals surface area contributed by atoms with Gasteiger partial charge >= 0.3 is 33.3 Å². The van der Waals surface area contributed by atoms with Crippen LogP contribution in [-0.4, -0.2) is 125 Å². The summed E-state index contributed by atoms with van der Waals surface area (Å²) in [6.07, 6.45) is 4.98. The molecule has 14 nitrogen and oxygen atoms in total. The van der Waals surface area contributed by atoms with Crippen molar-refractivity contribution in [2.24, 2.45) is 9.98 Å². The molecular formula is C52H78B3BrN4O10. The van der Waals surface area contributed by atoms with Crippen LogP contribution in [0.25, 0.3) is 0 Å². The van der Waals surface area contributed by atoms with Crippen LogP contribution in [0.5, 0.6) is 0 Å². The molecule has 18 heteroatoms. The number of benzene rings is 2. The first kappa shape index (κ1) is 54.5. The van der Waals surface area contributed by atoms with Crippen molar-refractivity contribution in [3.8, 4) is 0 Å². The first-order valence-corrected chi connectivity index (χ1v) is 26.0. The van der Waals surface area contributed by atoms with Gasteiger partial charge in [-0.2, -0.15) is 0 Å². The molecule has 0 N–H and O–H groups in total. The van der Waals surface area contributed by atoms with E-state index >= 15 is 0 Å². The summed E-state index contributed by atoms with van der Waals surface area (Å²) in [5.74, 6) is 0. The van der Waals surface area contributed by atoms with Gasteiger partial charge in [0.15, 0.2) is 0 Å². The van der Waals surface area contributed by atoms with Gasteiger partial charge in [0.2, 0.25) is 0 Å². The van der Waals surface area contributed by atoms with Gasteiger partial charge in [-0.1, -0.05) is 34.1 Å². The highest BCUT2D eigenvalue weighted by atomic mass is 79.9. The summed E-state index contributed by atoms with van der Waals surface area (Å²) in [6, 6.07) is 12.5. The van der Waals surface area contributed by atoms with Gasteiger partial charge in [0, 0.05) is 41.8 Å². The minimum Gasteiger partial charge on any atom is -0.444 e. The number of likely N-dealkylation sites (tertiary alicyclic amines) is 2. The third kappa shape index (κ3) is 11.7. The van der Waals surface area contributed by atoms with Gasteiger partial charge in [0.05, 0.1) is 57.1 Å². The topological polar surface area (TPSA) is 139 Å². The fourth-order valence-electron chi connectivity index (χ4n) is 9.22. The minimum atomic E-state index is -0.498. The van der Waals surface area contributed by atoms with Gasteiger partial charge in [-0.25, -0.2) is 9.59 Å². The molecule has 0 aliphatic carbocycles. The van der Waals surface area contributed by atoms with Crippen LogP contribution in [0.4, 0.5) is 21.0 Å². The molecule has 2 aromatic rings. The monoisotopic (exact) mass is 1030 g/mol. The second-order valence-corrected chi connectivity index (χ2v) is 25.6. The van der Waals surface area contributed by atoms with Crippen molar-refractivity contribution in [3.05, 3.63) is 52.0 Å². The summed E-state index contributed by atoms with van der Waals surface area (Å²) in [4.78, 5) is 38.4. The molecule has 0 bridgehead atoms. The molecule has 7 aliphatic rings. The van der Waals surface area contributed by atoms with E-state index in [1.54, 1.807) is 0 Å². The third-order valence-corrected chi connectivity index (χ3v) is 15.7. The Hall–Kier alpha value is -3.25. The highest BCUT2D eigenvalue weighted by molar-refractivity contribution is 9.10. The Morgan fingerprint density at radius 3 is 1.31 bits per heavy atom. The van der Waals surface area contributed by atoms with E-state index in [2.05, 4.69) is 67.9 Å². The summed E-state index contributed by atoms with van der Waals surface area (Å²) in [6.45, 7) is 37.3. The SMILES string of the molecule is CC(C)(C)OC(=O)N1CCC[C@H]1C1=Nc2cc(B3OC(C)(C)C(C)(C)O3)ccc2C1.CC(C)(C)OC(=O)N1CCC[C@H]1C1=Nc2cc(Br)ccc2C1.CC1(C)OB(B2OC(C)(C)C(C)(C)O2)OC1(C)C. The maximum atomic E-state index is 12.7. The summed E-state index contributed by atoms with van der Waals surface area (Å²) < 4.78 is 48.4. The van der Waals surface area contributed by atoms with E-state index < -0.39 is 32.3 Å². The predicted octanol–water partition coefficient (Wildman–Crippen LogP) is 10.7. The van der Waals surface area contributed by atoms with Gasteiger partial charge < -0.3 is 37.4 Å². The zero-order chi connectivity index (χ0) is 51.8. The molecule has 2 atom stereocenters. The molecular weight excluding hydrogens is 953 g/mol. The quantitative estimate of drug-likeness (QED) is 0.272. The van der Waals surface area contributed by atoms with Gasteiger partial charge in [-0.3, -0.25) is 19.8 Å². The average Bonchev–Trinajstić information content (AvgIpc) is 4.07.